The van der Waals surface area contributed by atoms with E-state index in [4.69, 9.17) is 11.6 Å². The van der Waals surface area contributed by atoms with E-state index in [0.29, 0.717) is 36.1 Å². The third-order valence-corrected chi connectivity index (χ3v) is 6.78. The van der Waals surface area contributed by atoms with Gasteiger partial charge in [-0.3, -0.25) is 9.52 Å². The van der Waals surface area contributed by atoms with Gasteiger partial charge in [0.1, 0.15) is 11.5 Å². The van der Waals surface area contributed by atoms with Crippen molar-refractivity contribution < 1.29 is 30.8 Å². The highest BCUT2D eigenvalue weighted by Gasteiger charge is 2.34. The second-order valence-corrected chi connectivity index (χ2v) is 11.1. The Kier molecular flexibility index (Phi) is 7.52. The van der Waals surface area contributed by atoms with E-state index in [1.54, 1.807) is 6.07 Å². The summed E-state index contributed by atoms with van der Waals surface area (Å²) in [6, 6.07) is 8.18. The number of nitrogens with one attached hydrogen (secondary N) is 3. The van der Waals surface area contributed by atoms with Gasteiger partial charge in [-0.15, -0.1) is 0 Å². The highest BCUT2D eigenvalue weighted by Crippen LogP contribution is 2.35. The first-order valence-electron chi connectivity index (χ1n) is 11.3. The zero-order valence-corrected chi connectivity index (χ0v) is 21.1. The largest absolute Gasteiger partial charge is 0.433 e. The van der Waals surface area contributed by atoms with Crippen LogP contribution in [-0.4, -0.2) is 37.6 Å². The predicted octanol–water partition coefficient (Wildman–Crippen LogP) is 5.57. The number of hydrogen-bond acceptors (Lipinski definition) is 5. The van der Waals surface area contributed by atoms with Crippen molar-refractivity contribution in [2.75, 3.05) is 16.3 Å². The van der Waals surface area contributed by atoms with Crippen LogP contribution >= 0.6 is 11.6 Å². The quantitative estimate of drug-likeness (QED) is 0.343. The maximum atomic E-state index is 14.0. The van der Waals surface area contributed by atoms with Crippen molar-refractivity contribution in [2.45, 2.75) is 43.9 Å². The van der Waals surface area contributed by atoms with E-state index >= 15 is 0 Å². The standard InChI is InChI=1S/C24H23ClF4N4O3S/c1-37(35,36)33-21-9-13(5-7-18(21)26)23(34)31-16-4-2-3-15(11-16)30-20-12-22(24(27,28)29)32-19-8-6-14(25)10-17(19)20/h5-10,12,15-16,33H,2-4,11H2,1H3,(H,30,32)(H,31,34)/t15-,16+/m0/s1. The maximum Gasteiger partial charge on any atom is 0.433 e. The highest BCUT2D eigenvalue weighted by molar-refractivity contribution is 7.92. The van der Waals surface area contributed by atoms with Gasteiger partial charge in [0.15, 0.2) is 0 Å². The molecule has 4 rings (SSSR count). The number of sulfonamides is 1. The molecule has 0 saturated heterocycles. The number of carbonyl (C=O) groups excluding carboxylic acids is 1. The Morgan fingerprint density at radius 3 is 2.49 bits per heavy atom. The normalized spacial score (nSPS) is 18.4. The third-order valence-electron chi connectivity index (χ3n) is 5.95. The first kappa shape index (κ1) is 26.9. The van der Waals surface area contributed by atoms with Gasteiger partial charge in [-0.1, -0.05) is 11.6 Å². The molecule has 1 aromatic heterocycles. The monoisotopic (exact) mass is 558 g/mol. The minimum atomic E-state index is -4.63. The van der Waals surface area contributed by atoms with Crippen molar-refractivity contribution in [3.05, 3.63) is 64.6 Å². The molecule has 7 nitrogen and oxygen atoms in total. The lowest BCUT2D eigenvalue weighted by atomic mass is 9.90. The van der Waals surface area contributed by atoms with E-state index in [-0.39, 0.29) is 34.5 Å². The smallest absolute Gasteiger partial charge is 0.382 e. The van der Waals surface area contributed by atoms with Gasteiger partial charge in [-0.2, -0.15) is 13.2 Å². The Labute approximate surface area is 215 Å². The Bertz CT molecular complexity index is 1450. The molecule has 1 aliphatic carbocycles. The molecule has 2 atom stereocenters. The molecule has 37 heavy (non-hydrogen) atoms. The fraction of sp³-hybridized carbons (Fsp3) is 0.333. The van der Waals surface area contributed by atoms with Gasteiger partial charge in [0, 0.05) is 33.7 Å². The van der Waals surface area contributed by atoms with Gasteiger partial charge < -0.3 is 10.6 Å². The van der Waals surface area contributed by atoms with Crippen LogP contribution in [-0.2, 0) is 16.2 Å². The summed E-state index contributed by atoms with van der Waals surface area (Å²) in [6.07, 6.45) is -1.34. The van der Waals surface area contributed by atoms with Crippen LogP contribution in [0.2, 0.25) is 5.02 Å². The van der Waals surface area contributed by atoms with Crippen LogP contribution in [0.15, 0.2) is 42.5 Å². The van der Waals surface area contributed by atoms with E-state index in [1.807, 2.05) is 4.72 Å². The number of halogens is 5. The molecule has 1 amide bonds. The number of aromatic nitrogens is 1. The molecule has 1 saturated carbocycles. The molecule has 1 aliphatic rings. The van der Waals surface area contributed by atoms with Crippen molar-refractivity contribution in [1.29, 1.82) is 0 Å². The fourth-order valence-corrected chi connectivity index (χ4v) is 5.08. The average molecular weight is 559 g/mol. The lowest BCUT2D eigenvalue weighted by Crippen LogP contribution is -2.41. The molecule has 0 bridgehead atoms. The molecule has 0 aliphatic heterocycles. The maximum absolute atomic E-state index is 14.0. The van der Waals surface area contributed by atoms with E-state index in [1.165, 1.54) is 18.2 Å². The molecule has 3 aromatic rings. The molecule has 0 radical (unpaired) electrons. The average Bonchev–Trinajstić information content (AvgIpc) is 2.79. The topological polar surface area (TPSA) is 100 Å². The summed E-state index contributed by atoms with van der Waals surface area (Å²) in [7, 11) is -3.75. The lowest BCUT2D eigenvalue weighted by Gasteiger charge is -2.31. The van der Waals surface area contributed by atoms with Gasteiger partial charge in [0.05, 0.1) is 17.5 Å². The number of pyridine rings is 1. The van der Waals surface area contributed by atoms with E-state index in [9.17, 15) is 30.8 Å². The minimum Gasteiger partial charge on any atom is -0.382 e. The van der Waals surface area contributed by atoms with E-state index in [2.05, 4.69) is 15.6 Å². The van der Waals surface area contributed by atoms with Crippen LogP contribution in [0.4, 0.5) is 28.9 Å². The molecular weight excluding hydrogens is 536 g/mol. The summed E-state index contributed by atoms with van der Waals surface area (Å²) in [4.78, 5) is 16.5. The molecule has 0 spiro atoms. The Morgan fingerprint density at radius 1 is 1.05 bits per heavy atom. The van der Waals surface area contributed by atoms with E-state index in [0.717, 1.165) is 24.5 Å². The number of anilines is 2. The van der Waals surface area contributed by atoms with Crippen LogP contribution in [0.3, 0.4) is 0 Å². The van der Waals surface area contributed by atoms with Gasteiger partial charge >= 0.3 is 6.18 Å². The third kappa shape index (κ3) is 6.80. The van der Waals surface area contributed by atoms with Crippen LogP contribution in [0.25, 0.3) is 10.9 Å². The van der Waals surface area contributed by atoms with Crippen molar-refractivity contribution in [1.82, 2.24) is 10.3 Å². The molecule has 2 aromatic carbocycles. The summed E-state index contributed by atoms with van der Waals surface area (Å²) < 4.78 is 79.2. The number of hydrogen-bond donors (Lipinski definition) is 3. The lowest BCUT2D eigenvalue weighted by molar-refractivity contribution is -0.140. The zero-order chi connectivity index (χ0) is 27.0. The second-order valence-electron chi connectivity index (χ2n) is 8.96. The predicted molar refractivity (Wildman–Crippen MR) is 134 cm³/mol. The molecule has 1 heterocycles. The Morgan fingerprint density at radius 2 is 1.78 bits per heavy atom. The van der Waals surface area contributed by atoms with Crippen molar-refractivity contribution in [3.63, 3.8) is 0 Å². The molecule has 13 heteroatoms. The molecule has 3 N–H and O–H groups in total. The number of benzene rings is 2. The van der Waals surface area contributed by atoms with Gasteiger partial charge in [0.2, 0.25) is 10.0 Å². The summed E-state index contributed by atoms with van der Waals surface area (Å²) >= 11 is 6.07. The van der Waals surface area contributed by atoms with Gasteiger partial charge in [-0.05, 0) is 68.1 Å². The number of fused-ring (bicyclic) bond motifs is 1. The first-order valence-corrected chi connectivity index (χ1v) is 13.6. The Hall–Kier alpha value is -3.12. The molecule has 198 valence electrons. The van der Waals surface area contributed by atoms with Crippen molar-refractivity contribution in [3.8, 4) is 0 Å². The summed E-state index contributed by atoms with van der Waals surface area (Å²) in [5, 5.41) is 6.83. The summed E-state index contributed by atoms with van der Waals surface area (Å²) in [6.45, 7) is 0. The molecule has 1 fully saturated rings. The molecule has 0 unspecified atom stereocenters. The Balaban J connectivity index is 1.51. The number of carbonyl (C=O) groups is 1. The first-order chi connectivity index (χ1) is 17.3. The van der Waals surface area contributed by atoms with Crippen LogP contribution in [0.5, 0.6) is 0 Å². The SMILES string of the molecule is CS(=O)(=O)Nc1cc(C(=O)N[C@@H]2CCC[C@H](Nc3cc(C(F)(F)F)nc4ccc(Cl)cc34)C2)ccc1F. The van der Waals surface area contributed by atoms with Crippen LogP contribution in [0, 0.1) is 5.82 Å². The van der Waals surface area contributed by atoms with Crippen LogP contribution in [0.1, 0.15) is 41.7 Å². The number of alkyl halides is 3. The fourth-order valence-electron chi connectivity index (χ4n) is 4.35. The minimum absolute atomic E-state index is 0.0622. The van der Waals surface area contributed by atoms with Gasteiger partial charge in [-0.25, -0.2) is 17.8 Å². The summed E-state index contributed by atoms with van der Waals surface area (Å²) in [5.74, 6) is -1.35. The van der Waals surface area contributed by atoms with Gasteiger partial charge in [0.25, 0.3) is 5.91 Å². The van der Waals surface area contributed by atoms with E-state index < -0.39 is 33.6 Å². The number of amides is 1. The number of rotatable bonds is 6. The second kappa shape index (κ2) is 10.3. The highest BCUT2D eigenvalue weighted by atomic mass is 35.5. The van der Waals surface area contributed by atoms with Crippen LogP contribution < -0.4 is 15.4 Å². The van der Waals surface area contributed by atoms with Crippen molar-refractivity contribution in [2.24, 2.45) is 0 Å². The summed E-state index contributed by atoms with van der Waals surface area (Å²) in [5.41, 5.74) is -0.918. The zero-order valence-electron chi connectivity index (χ0n) is 19.5. The molecular formula is C24H23ClF4N4O3S. The van der Waals surface area contributed by atoms with Crippen molar-refractivity contribution >= 4 is 49.8 Å². The number of nitrogens with zero attached hydrogens (tertiary/aromatic N) is 1.